The molecular formula is C17H17N3O2. The van der Waals surface area contributed by atoms with Crippen LogP contribution in [0, 0.1) is 10.1 Å². The van der Waals surface area contributed by atoms with Crippen LogP contribution >= 0.6 is 0 Å². The van der Waals surface area contributed by atoms with Crippen molar-refractivity contribution in [1.82, 2.24) is 0 Å². The molecule has 1 aliphatic rings. The van der Waals surface area contributed by atoms with Crippen LogP contribution in [0.1, 0.15) is 30.4 Å². The van der Waals surface area contributed by atoms with E-state index in [0.29, 0.717) is 5.69 Å². The average molecular weight is 295 g/mol. The quantitative estimate of drug-likeness (QED) is 0.525. The number of anilines is 1. The van der Waals surface area contributed by atoms with Gasteiger partial charge in [-0.15, -0.1) is 0 Å². The smallest absolute Gasteiger partial charge is 0.271 e. The summed E-state index contributed by atoms with van der Waals surface area (Å²) in [6.07, 6.45) is 4.15. The number of hydrogen-bond acceptors (Lipinski definition) is 4. The van der Waals surface area contributed by atoms with Gasteiger partial charge in [0.05, 0.1) is 10.6 Å². The third kappa shape index (κ3) is 2.98. The van der Waals surface area contributed by atoms with Crippen LogP contribution in [0.3, 0.4) is 0 Å². The molecule has 0 heterocycles. The van der Waals surface area contributed by atoms with Crippen molar-refractivity contribution in [1.29, 1.82) is 0 Å². The number of nitro groups is 1. The third-order valence-corrected chi connectivity index (χ3v) is 3.85. The lowest BCUT2D eigenvalue weighted by molar-refractivity contribution is -0.384. The minimum Gasteiger partial charge on any atom is -0.271 e. The summed E-state index contributed by atoms with van der Waals surface area (Å²) in [5.74, 6) is 0. The Morgan fingerprint density at radius 1 is 1.00 bits per heavy atom. The highest BCUT2D eigenvalue weighted by molar-refractivity contribution is 6.02. The van der Waals surface area contributed by atoms with Gasteiger partial charge in [0.1, 0.15) is 5.69 Å². The monoisotopic (exact) mass is 295 g/mol. The fraction of sp³-hybridized carbons (Fsp3) is 0.235. The molecule has 0 spiro atoms. The van der Waals surface area contributed by atoms with Crippen molar-refractivity contribution in [2.45, 2.75) is 25.7 Å². The third-order valence-electron chi connectivity index (χ3n) is 3.85. The first kappa shape index (κ1) is 14.3. The second-order valence-electron chi connectivity index (χ2n) is 5.31. The van der Waals surface area contributed by atoms with Crippen LogP contribution in [0.25, 0.3) is 0 Å². The Morgan fingerprint density at radius 2 is 1.73 bits per heavy atom. The van der Waals surface area contributed by atoms with Gasteiger partial charge in [0.25, 0.3) is 5.69 Å². The maximum Gasteiger partial charge on any atom is 0.294 e. The van der Waals surface area contributed by atoms with Gasteiger partial charge in [-0.25, -0.2) is 0 Å². The number of aryl methyl sites for hydroxylation is 1. The van der Waals surface area contributed by atoms with Gasteiger partial charge in [-0.05, 0) is 37.3 Å². The number of fused-ring (bicyclic) bond motifs is 1. The van der Waals surface area contributed by atoms with Gasteiger partial charge >= 0.3 is 0 Å². The van der Waals surface area contributed by atoms with Gasteiger partial charge in [-0.2, -0.15) is 5.10 Å². The minimum absolute atomic E-state index is 0.0359. The molecule has 2 aromatic carbocycles. The van der Waals surface area contributed by atoms with E-state index in [1.165, 1.54) is 11.6 Å². The first-order valence-electron chi connectivity index (χ1n) is 7.40. The highest BCUT2D eigenvalue weighted by atomic mass is 16.6. The largest absolute Gasteiger partial charge is 0.294 e. The molecule has 5 heteroatoms. The lowest BCUT2D eigenvalue weighted by Crippen LogP contribution is -2.06. The highest BCUT2D eigenvalue weighted by Crippen LogP contribution is 2.25. The Kier molecular flexibility index (Phi) is 4.14. The lowest BCUT2D eigenvalue weighted by Gasteiger charge is -2.08. The molecule has 0 fully saturated rings. The van der Waals surface area contributed by atoms with Crippen molar-refractivity contribution in [3.63, 3.8) is 0 Å². The number of rotatable bonds is 3. The summed E-state index contributed by atoms with van der Waals surface area (Å²) in [5.41, 5.74) is 6.74. The first-order chi connectivity index (χ1) is 10.8. The number of para-hydroxylation sites is 2. The van der Waals surface area contributed by atoms with Crippen LogP contribution in [0.5, 0.6) is 0 Å². The Bertz CT molecular complexity index is 725. The molecule has 0 unspecified atom stereocenters. The molecule has 1 N–H and O–H groups in total. The summed E-state index contributed by atoms with van der Waals surface area (Å²) in [7, 11) is 0. The van der Waals surface area contributed by atoms with E-state index in [-0.39, 0.29) is 5.69 Å². The van der Waals surface area contributed by atoms with E-state index >= 15 is 0 Å². The van der Waals surface area contributed by atoms with E-state index in [1.807, 2.05) is 12.1 Å². The molecule has 0 aromatic heterocycles. The van der Waals surface area contributed by atoms with Gasteiger partial charge in [0.15, 0.2) is 0 Å². The summed E-state index contributed by atoms with van der Waals surface area (Å²) in [5, 5.41) is 15.5. The lowest BCUT2D eigenvalue weighted by atomic mass is 10.0. The molecule has 22 heavy (non-hydrogen) atoms. The summed E-state index contributed by atoms with van der Waals surface area (Å²) >= 11 is 0. The molecule has 0 atom stereocenters. The maximum atomic E-state index is 11.0. The molecular weight excluding hydrogens is 278 g/mol. The predicted molar refractivity (Wildman–Crippen MR) is 87.3 cm³/mol. The highest BCUT2D eigenvalue weighted by Gasteiger charge is 2.15. The van der Waals surface area contributed by atoms with Crippen molar-refractivity contribution in [3.05, 3.63) is 69.8 Å². The maximum absolute atomic E-state index is 11.0. The van der Waals surface area contributed by atoms with E-state index in [9.17, 15) is 10.1 Å². The van der Waals surface area contributed by atoms with Crippen molar-refractivity contribution < 1.29 is 4.92 Å². The second-order valence-corrected chi connectivity index (χ2v) is 5.31. The van der Waals surface area contributed by atoms with E-state index in [0.717, 1.165) is 37.0 Å². The van der Waals surface area contributed by atoms with Crippen LogP contribution in [-0.2, 0) is 6.42 Å². The fourth-order valence-electron chi connectivity index (χ4n) is 2.73. The Balaban J connectivity index is 1.92. The average Bonchev–Trinajstić information content (AvgIpc) is 2.75. The summed E-state index contributed by atoms with van der Waals surface area (Å²) < 4.78 is 0. The molecule has 5 nitrogen and oxygen atoms in total. The number of nitrogens with one attached hydrogen (secondary N) is 1. The number of nitro benzene ring substituents is 1. The van der Waals surface area contributed by atoms with Crippen LogP contribution < -0.4 is 5.43 Å². The number of benzene rings is 2. The van der Waals surface area contributed by atoms with Gasteiger partial charge in [-0.1, -0.05) is 36.4 Å². The molecule has 0 bridgehead atoms. The molecule has 0 saturated heterocycles. The summed E-state index contributed by atoms with van der Waals surface area (Å²) in [6.45, 7) is 0. The zero-order chi connectivity index (χ0) is 15.4. The number of hydrogen-bond donors (Lipinski definition) is 1. The van der Waals surface area contributed by atoms with Gasteiger partial charge in [-0.3, -0.25) is 15.5 Å². The van der Waals surface area contributed by atoms with Crippen LogP contribution in [-0.4, -0.2) is 10.6 Å². The topological polar surface area (TPSA) is 67.5 Å². The van der Waals surface area contributed by atoms with Crippen molar-refractivity contribution in [2.75, 3.05) is 5.43 Å². The number of nitrogens with zero attached hydrogens (tertiary/aromatic N) is 2. The van der Waals surface area contributed by atoms with E-state index < -0.39 is 4.92 Å². The van der Waals surface area contributed by atoms with Crippen molar-refractivity contribution >= 4 is 17.1 Å². The van der Waals surface area contributed by atoms with Crippen LogP contribution in [0.4, 0.5) is 11.4 Å². The second kappa shape index (κ2) is 6.39. The SMILES string of the molecule is O=[N+]([O-])c1ccccc1N/N=C1\CCCCc2ccccc21. The normalized spacial score (nSPS) is 15.9. The van der Waals surface area contributed by atoms with E-state index in [4.69, 9.17) is 0 Å². The van der Waals surface area contributed by atoms with Crippen LogP contribution in [0.15, 0.2) is 53.6 Å². The van der Waals surface area contributed by atoms with Crippen LogP contribution in [0.2, 0.25) is 0 Å². The van der Waals surface area contributed by atoms with E-state index in [1.54, 1.807) is 18.2 Å². The molecule has 0 radical (unpaired) electrons. The van der Waals surface area contributed by atoms with E-state index in [2.05, 4.69) is 22.7 Å². The summed E-state index contributed by atoms with van der Waals surface area (Å²) in [4.78, 5) is 10.6. The fourth-order valence-corrected chi connectivity index (χ4v) is 2.73. The number of hydrazone groups is 1. The molecule has 2 aromatic rings. The minimum atomic E-state index is -0.399. The summed E-state index contributed by atoms with van der Waals surface area (Å²) in [6, 6.07) is 14.8. The molecule has 0 aliphatic heterocycles. The van der Waals surface area contributed by atoms with Gasteiger partial charge in [0, 0.05) is 11.6 Å². The Morgan fingerprint density at radius 3 is 2.59 bits per heavy atom. The van der Waals surface area contributed by atoms with Crippen molar-refractivity contribution in [3.8, 4) is 0 Å². The Hall–Kier alpha value is -2.69. The van der Waals surface area contributed by atoms with Crippen molar-refractivity contribution in [2.24, 2.45) is 5.10 Å². The molecule has 1 aliphatic carbocycles. The van der Waals surface area contributed by atoms with Gasteiger partial charge < -0.3 is 0 Å². The molecule has 0 saturated carbocycles. The zero-order valence-corrected chi connectivity index (χ0v) is 12.2. The molecule has 0 amide bonds. The molecule has 3 rings (SSSR count). The predicted octanol–water partition coefficient (Wildman–Crippen LogP) is 4.14. The zero-order valence-electron chi connectivity index (χ0n) is 12.2. The van der Waals surface area contributed by atoms with Gasteiger partial charge in [0.2, 0.25) is 0 Å². The standard InChI is InChI=1S/C17H17N3O2/c21-20(22)17-12-6-5-11-16(17)19-18-15-10-4-2-8-13-7-1-3-9-14(13)15/h1,3,5-7,9,11-12,19H,2,4,8,10H2/b18-15+. The molecule has 112 valence electrons. The Labute approximate surface area is 128 Å². The first-order valence-corrected chi connectivity index (χ1v) is 7.40.